The number of aliphatic imine (C=N–C) groups is 2. The zero-order chi connectivity index (χ0) is 18.1. The molecule has 1 aromatic carbocycles. The molecule has 0 saturated carbocycles. The van der Waals surface area contributed by atoms with Crippen molar-refractivity contribution in [1.82, 2.24) is 10.1 Å². The molecule has 1 aliphatic carbocycles. The van der Waals surface area contributed by atoms with Crippen molar-refractivity contribution < 1.29 is 9.32 Å². The van der Waals surface area contributed by atoms with Gasteiger partial charge in [0.1, 0.15) is 11.5 Å². The summed E-state index contributed by atoms with van der Waals surface area (Å²) in [7, 11) is 3.87. The second-order valence-corrected chi connectivity index (χ2v) is 6.18. The van der Waals surface area contributed by atoms with Gasteiger partial charge in [-0.15, -0.1) is 0 Å². The molecule has 0 bridgehead atoms. The zero-order valence-electron chi connectivity index (χ0n) is 14.8. The van der Waals surface area contributed by atoms with E-state index in [0.717, 1.165) is 5.56 Å². The van der Waals surface area contributed by atoms with Crippen molar-refractivity contribution in [3.8, 4) is 0 Å². The molecule has 0 amide bonds. The van der Waals surface area contributed by atoms with Gasteiger partial charge in [0, 0.05) is 11.1 Å². The molecule has 0 aliphatic heterocycles. The summed E-state index contributed by atoms with van der Waals surface area (Å²) in [6.45, 7) is 7.76. The first-order chi connectivity index (χ1) is 12.0. The molecule has 0 unspecified atom stereocenters. The lowest BCUT2D eigenvalue weighted by atomic mass is 9.83. The summed E-state index contributed by atoms with van der Waals surface area (Å²) in [5.74, 6) is 0.463. The number of aromatic nitrogens is 1. The number of carbonyl (C=O) groups is 1. The monoisotopic (exact) mass is 336 g/mol. The minimum atomic E-state index is -0.115. The topological polar surface area (TPSA) is 71.1 Å². The number of nitrogens with zero attached hydrogens (tertiary/aromatic N) is 4. The van der Waals surface area contributed by atoms with Crippen LogP contribution in [0.2, 0.25) is 0 Å². The summed E-state index contributed by atoms with van der Waals surface area (Å²) < 4.78 is 5.26. The third kappa shape index (κ3) is 2.85. The average molecular weight is 336 g/mol. The fourth-order valence-electron chi connectivity index (χ4n) is 2.97. The van der Waals surface area contributed by atoms with E-state index in [-0.39, 0.29) is 5.78 Å². The van der Waals surface area contributed by atoms with Gasteiger partial charge in [0.05, 0.1) is 29.2 Å². The Bertz CT molecular complexity index is 900. The third-order valence-corrected chi connectivity index (χ3v) is 4.07. The number of hydrogen-bond acceptors (Lipinski definition) is 6. The summed E-state index contributed by atoms with van der Waals surface area (Å²) in [5, 5.41) is 3.98. The maximum Gasteiger partial charge on any atom is 0.196 e. The van der Waals surface area contributed by atoms with Crippen LogP contribution in [0.15, 0.2) is 44.5 Å². The van der Waals surface area contributed by atoms with Crippen LogP contribution in [0.5, 0.6) is 0 Å². The van der Waals surface area contributed by atoms with Gasteiger partial charge in [-0.2, -0.15) is 0 Å². The van der Waals surface area contributed by atoms with Gasteiger partial charge in [-0.05, 0) is 34.7 Å². The molecular weight excluding hydrogens is 316 g/mol. The Kier molecular flexibility index (Phi) is 4.46. The number of benzene rings is 1. The summed E-state index contributed by atoms with van der Waals surface area (Å²) in [4.78, 5) is 24.0. The number of carbonyl (C=O) groups excluding carboxylic acids is 1. The highest BCUT2D eigenvalue weighted by molar-refractivity contribution is 6.41. The van der Waals surface area contributed by atoms with Crippen LogP contribution in [0.25, 0.3) is 5.57 Å². The van der Waals surface area contributed by atoms with Crippen LogP contribution in [0, 0.1) is 13.8 Å². The van der Waals surface area contributed by atoms with E-state index in [1.807, 2.05) is 44.1 Å². The van der Waals surface area contributed by atoms with E-state index in [1.165, 1.54) is 0 Å². The van der Waals surface area contributed by atoms with Crippen molar-refractivity contribution in [2.45, 2.75) is 13.8 Å². The second-order valence-electron chi connectivity index (χ2n) is 6.18. The Balaban J connectivity index is 2.33. The first kappa shape index (κ1) is 17.0. The van der Waals surface area contributed by atoms with Crippen LogP contribution < -0.4 is 0 Å². The van der Waals surface area contributed by atoms with Gasteiger partial charge in [-0.3, -0.25) is 19.7 Å². The molecule has 0 radical (unpaired) electrons. The molecule has 0 spiro atoms. The molecule has 0 atom stereocenters. The van der Waals surface area contributed by atoms with E-state index >= 15 is 0 Å². The number of Topliss-reactive ketones (excluding diaryl/α,β-unsaturated/α-hetero) is 1. The first-order valence-corrected chi connectivity index (χ1v) is 7.93. The van der Waals surface area contributed by atoms with Gasteiger partial charge in [0.2, 0.25) is 0 Å². The molecule has 25 heavy (non-hydrogen) atoms. The molecule has 0 fully saturated rings. The third-order valence-electron chi connectivity index (χ3n) is 4.07. The van der Waals surface area contributed by atoms with Crippen LogP contribution in [0.3, 0.4) is 0 Å². The fraction of sp³-hybridized carbons (Fsp3) is 0.263. The molecule has 2 aromatic rings. The second kappa shape index (κ2) is 6.57. The molecule has 6 nitrogen and oxygen atoms in total. The predicted molar refractivity (Wildman–Crippen MR) is 98.3 cm³/mol. The van der Waals surface area contributed by atoms with E-state index in [1.54, 1.807) is 13.0 Å². The van der Waals surface area contributed by atoms with Gasteiger partial charge >= 0.3 is 0 Å². The van der Waals surface area contributed by atoms with Crippen molar-refractivity contribution >= 4 is 23.8 Å². The highest BCUT2D eigenvalue weighted by atomic mass is 16.5. The highest BCUT2D eigenvalue weighted by Gasteiger charge is 2.34. The number of hydrogen-bond donors (Lipinski definition) is 0. The minimum Gasteiger partial charge on any atom is -0.361 e. The lowest BCUT2D eigenvalue weighted by Crippen LogP contribution is -2.23. The van der Waals surface area contributed by atoms with E-state index in [2.05, 4.69) is 21.9 Å². The normalized spacial score (nSPS) is 15.9. The molecule has 1 aromatic heterocycles. The summed E-state index contributed by atoms with van der Waals surface area (Å²) in [6, 6.07) is 7.42. The van der Waals surface area contributed by atoms with Gasteiger partial charge in [-0.25, -0.2) is 0 Å². The molecule has 3 rings (SSSR count). The van der Waals surface area contributed by atoms with Crippen molar-refractivity contribution in [3.05, 3.63) is 58.1 Å². The zero-order valence-corrected chi connectivity index (χ0v) is 14.8. The lowest BCUT2D eigenvalue weighted by Gasteiger charge is -2.22. The van der Waals surface area contributed by atoms with Crippen molar-refractivity contribution in [1.29, 1.82) is 0 Å². The molecule has 0 saturated heterocycles. The summed E-state index contributed by atoms with van der Waals surface area (Å²) in [5.41, 5.74) is 4.26. The summed E-state index contributed by atoms with van der Waals surface area (Å²) >= 11 is 0. The largest absolute Gasteiger partial charge is 0.361 e. The highest BCUT2D eigenvalue weighted by Crippen LogP contribution is 2.36. The van der Waals surface area contributed by atoms with Crippen LogP contribution in [-0.4, -0.2) is 49.0 Å². The Hall–Kier alpha value is -2.86. The maximum absolute atomic E-state index is 13.2. The van der Waals surface area contributed by atoms with E-state index < -0.39 is 0 Å². The van der Waals surface area contributed by atoms with Crippen LogP contribution >= 0.6 is 0 Å². The van der Waals surface area contributed by atoms with Gasteiger partial charge in [0.25, 0.3) is 0 Å². The quantitative estimate of drug-likeness (QED) is 0.805. The van der Waals surface area contributed by atoms with Crippen LogP contribution in [0.4, 0.5) is 0 Å². The van der Waals surface area contributed by atoms with Crippen molar-refractivity contribution in [2.75, 3.05) is 20.8 Å². The number of rotatable bonds is 4. The molecule has 0 N–H and O–H groups in total. The first-order valence-electron chi connectivity index (χ1n) is 7.93. The molecular formula is C19H20N4O2. The van der Waals surface area contributed by atoms with Gasteiger partial charge in [-0.1, -0.05) is 29.4 Å². The Morgan fingerprint density at radius 1 is 1.20 bits per heavy atom. The number of fused-ring (bicyclic) bond motifs is 1. The van der Waals surface area contributed by atoms with E-state index in [9.17, 15) is 4.79 Å². The molecule has 128 valence electrons. The van der Waals surface area contributed by atoms with Crippen LogP contribution in [-0.2, 0) is 0 Å². The molecule has 1 heterocycles. The minimum absolute atomic E-state index is 0.115. The van der Waals surface area contributed by atoms with Gasteiger partial charge in [0.15, 0.2) is 5.78 Å². The SMILES string of the molecule is C=NC1=C(c2c(C)noc2C)C(=O)c2ccccc2/C1=N/CN(C)C. The fourth-order valence-corrected chi connectivity index (χ4v) is 2.97. The standard InChI is InChI=1S/C19H20N4O2/c1-11-15(12(2)25-22-11)16-18(20-3)17(21-10-23(4)5)13-8-6-7-9-14(13)19(16)24/h6-9H,3,10H2,1-2,4-5H3/b21-17-. The van der Waals surface area contributed by atoms with Crippen molar-refractivity contribution in [2.24, 2.45) is 9.98 Å². The lowest BCUT2D eigenvalue weighted by molar-refractivity contribution is 0.105. The van der Waals surface area contributed by atoms with E-state index in [0.29, 0.717) is 46.2 Å². The number of aryl methyl sites for hydroxylation is 2. The number of ketones is 1. The number of allylic oxidation sites excluding steroid dienone is 2. The predicted octanol–water partition coefficient (Wildman–Crippen LogP) is 2.91. The smallest absolute Gasteiger partial charge is 0.196 e. The van der Waals surface area contributed by atoms with E-state index in [4.69, 9.17) is 4.52 Å². The average Bonchev–Trinajstić information content (AvgIpc) is 2.92. The molecule has 1 aliphatic rings. The van der Waals surface area contributed by atoms with Crippen LogP contribution in [0.1, 0.15) is 32.9 Å². The Labute approximate surface area is 146 Å². The van der Waals surface area contributed by atoms with Gasteiger partial charge < -0.3 is 4.52 Å². The maximum atomic E-state index is 13.2. The summed E-state index contributed by atoms with van der Waals surface area (Å²) in [6.07, 6.45) is 0. The Morgan fingerprint density at radius 3 is 2.44 bits per heavy atom. The Morgan fingerprint density at radius 2 is 1.88 bits per heavy atom. The van der Waals surface area contributed by atoms with Crippen molar-refractivity contribution in [3.63, 3.8) is 0 Å². The molecule has 6 heteroatoms.